The number of hydrogen-bond donors (Lipinski definition) is 1. The third kappa shape index (κ3) is 5.06. The van der Waals surface area contributed by atoms with Gasteiger partial charge in [0.15, 0.2) is 6.61 Å². The number of esters is 1. The molecule has 1 aromatic heterocycles. The van der Waals surface area contributed by atoms with Gasteiger partial charge in [-0.3, -0.25) is 4.79 Å². The van der Waals surface area contributed by atoms with Crippen LogP contribution in [0.5, 0.6) is 0 Å². The third-order valence-electron chi connectivity index (χ3n) is 5.23. The molecule has 0 atom stereocenters. The fraction of sp³-hybridized carbons (Fsp3) is 0.217. The molecule has 8 nitrogen and oxygen atoms in total. The molecule has 0 radical (unpaired) electrons. The maximum atomic E-state index is 12.5. The minimum Gasteiger partial charge on any atom is -0.468 e. The fourth-order valence-electron chi connectivity index (χ4n) is 3.44. The van der Waals surface area contributed by atoms with Crippen LogP contribution in [0.2, 0.25) is 0 Å². The van der Waals surface area contributed by atoms with E-state index < -0.39 is 16.0 Å². The molecule has 0 unspecified atom stereocenters. The molecule has 0 fully saturated rings. The highest BCUT2D eigenvalue weighted by molar-refractivity contribution is 7.89. The van der Waals surface area contributed by atoms with Crippen LogP contribution in [0.4, 0.5) is 0 Å². The van der Waals surface area contributed by atoms with Gasteiger partial charge in [-0.15, -0.1) is 0 Å². The number of carbonyl (C=O) groups is 2. The van der Waals surface area contributed by atoms with Crippen molar-refractivity contribution >= 4 is 21.9 Å². The number of fused-ring (bicyclic) bond motifs is 1. The van der Waals surface area contributed by atoms with Crippen LogP contribution in [0.25, 0.3) is 0 Å². The number of furan rings is 1. The maximum Gasteiger partial charge on any atom is 0.338 e. The second kappa shape index (κ2) is 9.37. The first-order valence-corrected chi connectivity index (χ1v) is 11.5. The van der Waals surface area contributed by atoms with E-state index in [4.69, 9.17) is 9.15 Å². The summed E-state index contributed by atoms with van der Waals surface area (Å²) in [5, 5.41) is 0. The Kier molecular flexibility index (Phi) is 6.38. The van der Waals surface area contributed by atoms with Gasteiger partial charge in [-0.2, -0.15) is 0 Å². The first kappa shape index (κ1) is 21.8. The van der Waals surface area contributed by atoms with Crippen LogP contribution in [0.1, 0.15) is 27.2 Å². The molecule has 1 amide bonds. The molecule has 1 N–H and O–H groups in total. The molecule has 0 saturated heterocycles. The van der Waals surface area contributed by atoms with Gasteiger partial charge in [-0.05, 0) is 53.9 Å². The van der Waals surface area contributed by atoms with Gasteiger partial charge in [0.05, 0.1) is 23.3 Å². The minimum atomic E-state index is -3.77. The summed E-state index contributed by atoms with van der Waals surface area (Å²) in [5.74, 6) is -0.479. The number of nitrogens with zero attached hydrogens (tertiary/aromatic N) is 1. The summed E-state index contributed by atoms with van der Waals surface area (Å²) in [7, 11) is -3.77. The van der Waals surface area contributed by atoms with Crippen molar-refractivity contribution in [2.24, 2.45) is 0 Å². The van der Waals surface area contributed by atoms with E-state index in [0.29, 0.717) is 18.8 Å². The van der Waals surface area contributed by atoms with Gasteiger partial charge in [0.2, 0.25) is 10.0 Å². The Balaban J connectivity index is 1.30. The number of amides is 1. The minimum absolute atomic E-state index is 0.00339. The van der Waals surface area contributed by atoms with Gasteiger partial charge >= 0.3 is 5.97 Å². The highest BCUT2D eigenvalue weighted by Crippen LogP contribution is 2.19. The summed E-state index contributed by atoms with van der Waals surface area (Å²) in [5.41, 5.74) is 2.48. The molecule has 32 heavy (non-hydrogen) atoms. The Labute approximate surface area is 185 Å². The monoisotopic (exact) mass is 454 g/mol. The zero-order valence-electron chi connectivity index (χ0n) is 17.2. The van der Waals surface area contributed by atoms with Crippen molar-refractivity contribution in [3.8, 4) is 0 Å². The first-order chi connectivity index (χ1) is 15.4. The number of benzene rings is 2. The molecule has 0 spiro atoms. The van der Waals surface area contributed by atoms with E-state index in [1.165, 1.54) is 36.1 Å². The Bertz CT molecular complexity index is 1200. The smallest absolute Gasteiger partial charge is 0.338 e. The number of carbonyl (C=O) groups excluding carboxylic acids is 2. The second-order valence-corrected chi connectivity index (χ2v) is 9.11. The van der Waals surface area contributed by atoms with Crippen LogP contribution in [-0.2, 0) is 39.1 Å². The molecule has 2 heterocycles. The molecule has 166 valence electrons. The molecule has 2 aromatic carbocycles. The lowest BCUT2D eigenvalue weighted by Crippen LogP contribution is -2.38. The molecule has 9 heteroatoms. The summed E-state index contributed by atoms with van der Waals surface area (Å²) >= 11 is 0. The van der Waals surface area contributed by atoms with E-state index >= 15 is 0 Å². The van der Waals surface area contributed by atoms with Gasteiger partial charge in [-0.25, -0.2) is 17.9 Å². The summed E-state index contributed by atoms with van der Waals surface area (Å²) in [6.45, 7) is 0.711. The Hall–Kier alpha value is -3.43. The lowest BCUT2D eigenvalue weighted by Gasteiger charge is -2.28. The molecule has 1 aliphatic heterocycles. The van der Waals surface area contributed by atoms with Crippen LogP contribution < -0.4 is 4.72 Å². The van der Waals surface area contributed by atoms with E-state index in [1.54, 1.807) is 17.0 Å². The van der Waals surface area contributed by atoms with Gasteiger partial charge < -0.3 is 14.1 Å². The standard InChI is InChI=1S/C23H22N2O6S/c26-22(25-12-11-17-4-1-2-5-19(17)15-25)16-31-23(27)18-7-9-21(10-8-18)32(28,29)24-14-20-6-3-13-30-20/h1-10,13,24H,11-12,14-16H2. The summed E-state index contributed by atoms with van der Waals surface area (Å²) in [6.07, 6.45) is 2.22. The zero-order chi connectivity index (χ0) is 22.6. The van der Waals surface area contributed by atoms with E-state index in [2.05, 4.69) is 4.72 Å². The van der Waals surface area contributed by atoms with Gasteiger partial charge in [-0.1, -0.05) is 24.3 Å². The largest absolute Gasteiger partial charge is 0.468 e. The predicted molar refractivity (Wildman–Crippen MR) is 115 cm³/mol. The number of nitrogens with one attached hydrogen (secondary N) is 1. The predicted octanol–water partition coefficient (Wildman–Crippen LogP) is 2.50. The number of hydrogen-bond acceptors (Lipinski definition) is 6. The van der Waals surface area contributed by atoms with Crippen LogP contribution in [0, 0.1) is 0 Å². The Morgan fingerprint density at radius 2 is 1.75 bits per heavy atom. The SMILES string of the molecule is O=C(OCC(=O)N1CCc2ccccc2C1)c1ccc(S(=O)(=O)NCc2ccco2)cc1. The molecule has 1 aliphatic rings. The van der Waals surface area contributed by atoms with Crippen LogP contribution in [0.3, 0.4) is 0 Å². The highest BCUT2D eigenvalue weighted by Gasteiger charge is 2.22. The number of rotatable bonds is 7. The molecule has 3 aromatic rings. The van der Waals surface area contributed by atoms with Crippen LogP contribution in [0.15, 0.2) is 76.2 Å². The molecule has 4 rings (SSSR count). The fourth-order valence-corrected chi connectivity index (χ4v) is 4.44. The van der Waals surface area contributed by atoms with Crippen molar-refractivity contribution in [1.29, 1.82) is 0 Å². The molecule has 0 bridgehead atoms. The number of sulfonamides is 1. The third-order valence-corrected chi connectivity index (χ3v) is 6.64. The van der Waals surface area contributed by atoms with E-state index in [9.17, 15) is 18.0 Å². The lowest BCUT2D eigenvalue weighted by molar-refractivity contribution is -0.135. The maximum absolute atomic E-state index is 12.5. The lowest BCUT2D eigenvalue weighted by atomic mass is 10.00. The normalized spacial score (nSPS) is 13.4. The zero-order valence-corrected chi connectivity index (χ0v) is 18.0. The van der Waals surface area contributed by atoms with Crippen LogP contribution >= 0.6 is 0 Å². The highest BCUT2D eigenvalue weighted by atomic mass is 32.2. The van der Waals surface area contributed by atoms with Crippen molar-refractivity contribution in [3.63, 3.8) is 0 Å². The van der Waals surface area contributed by atoms with E-state index in [-0.39, 0.29) is 29.5 Å². The first-order valence-electron chi connectivity index (χ1n) is 10.1. The van der Waals surface area contributed by atoms with Crippen LogP contribution in [-0.4, -0.2) is 38.3 Å². The quantitative estimate of drug-likeness (QED) is 0.550. The average Bonchev–Trinajstić information content (AvgIpc) is 3.35. The Morgan fingerprint density at radius 3 is 2.47 bits per heavy atom. The molecule has 0 saturated carbocycles. The van der Waals surface area contributed by atoms with Gasteiger partial charge in [0.1, 0.15) is 5.76 Å². The second-order valence-electron chi connectivity index (χ2n) is 7.34. The van der Waals surface area contributed by atoms with Gasteiger partial charge in [0.25, 0.3) is 5.91 Å². The molecular weight excluding hydrogens is 432 g/mol. The molecule has 0 aliphatic carbocycles. The molecular formula is C23H22N2O6S. The van der Waals surface area contributed by atoms with Crippen molar-refractivity contribution in [1.82, 2.24) is 9.62 Å². The Morgan fingerprint density at radius 1 is 1.00 bits per heavy atom. The van der Waals surface area contributed by atoms with Crippen molar-refractivity contribution < 1.29 is 27.2 Å². The van der Waals surface area contributed by atoms with Crippen molar-refractivity contribution in [2.45, 2.75) is 24.4 Å². The van der Waals surface area contributed by atoms with E-state index in [0.717, 1.165) is 12.0 Å². The van der Waals surface area contributed by atoms with Crippen molar-refractivity contribution in [3.05, 3.63) is 89.4 Å². The summed E-state index contributed by atoms with van der Waals surface area (Å²) < 4.78 is 37.4. The topological polar surface area (TPSA) is 106 Å². The average molecular weight is 455 g/mol. The van der Waals surface area contributed by atoms with Crippen molar-refractivity contribution in [2.75, 3.05) is 13.2 Å². The van der Waals surface area contributed by atoms with Gasteiger partial charge in [0, 0.05) is 13.1 Å². The van der Waals surface area contributed by atoms with E-state index in [1.807, 2.05) is 24.3 Å². The number of ether oxygens (including phenoxy) is 1. The summed E-state index contributed by atoms with van der Waals surface area (Å²) in [4.78, 5) is 26.4. The summed E-state index contributed by atoms with van der Waals surface area (Å²) in [6, 6.07) is 16.6.